The van der Waals surface area contributed by atoms with Crippen LogP contribution >= 0.6 is 0 Å². The Bertz CT molecular complexity index is 4820. The summed E-state index contributed by atoms with van der Waals surface area (Å²) in [5, 5.41) is 31.8. The summed E-state index contributed by atoms with van der Waals surface area (Å²) in [6, 6.07) is 86.6. The molecule has 3 atom stereocenters. The molecule has 768 valence electrons. The van der Waals surface area contributed by atoms with E-state index in [4.69, 9.17) is 114 Å². The van der Waals surface area contributed by atoms with Crippen molar-refractivity contribution >= 4 is 34.9 Å². The van der Waals surface area contributed by atoms with Crippen LogP contribution in [0, 0.1) is 34.0 Å². The second kappa shape index (κ2) is 71.0. The second-order valence-electron chi connectivity index (χ2n) is 33.2. The van der Waals surface area contributed by atoms with Gasteiger partial charge in [-0.15, -0.1) is 0 Å². The smallest absolute Gasteiger partial charge is 0.119 e. The Balaban J connectivity index is 0.718. The number of rotatable bonds is 78. The fraction of sp³-hybridized carbons (Fsp3) is 0.410. The Morgan fingerprint density at radius 1 is 0.194 bits per heavy atom. The number of benzene rings is 10. The van der Waals surface area contributed by atoms with Crippen LogP contribution in [0.5, 0.6) is 17.2 Å². The van der Waals surface area contributed by atoms with Crippen molar-refractivity contribution in [2.45, 2.75) is 39.1 Å². The lowest BCUT2D eigenvalue weighted by Crippen LogP contribution is -2.21. The first kappa shape index (κ1) is 114. The average molecular weight is 1970 g/mol. The molecule has 0 aliphatic carbocycles. The quantitative estimate of drug-likeness (QED) is 0.0194. The molecule has 0 saturated heterocycles. The Morgan fingerprint density at radius 2 is 0.340 bits per heavy atom. The lowest BCUT2D eigenvalue weighted by atomic mass is 9.92. The minimum absolute atomic E-state index is 0.183. The van der Waals surface area contributed by atoms with Crippen LogP contribution in [0.1, 0.15) is 54.2 Å². The van der Waals surface area contributed by atoms with Crippen LogP contribution in [0.2, 0.25) is 0 Å². The molecule has 10 aromatic carbocycles. The minimum Gasteiger partial charge on any atom is -0.488 e. The number of nitrogens with zero attached hydrogens (tertiary/aromatic N) is 3. The maximum absolute atomic E-state index is 10.6. The third-order valence-corrected chi connectivity index (χ3v) is 22.1. The van der Waals surface area contributed by atoms with Crippen LogP contribution in [0.15, 0.2) is 237 Å². The standard InChI is InChI=1S/C117H141N3O24/c1-91(88-139-76-73-136-70-67-133-64-61-130-58-55-127-52-49-124-46-43-121-4)142-115-37-31-100(32-38-115)97-19-25-106(26-20-97)112(85-118)79-94-7-13-103(14-8-94)109-82-110(104-15-9-95(10-16-104)80-113(86-119)107-27-21-98(22-28-107)101-33-39-116(40-34-101)143-92(2)89-140-77-74-137-71-68-134-65-62-131-59-56-128-53-50-125-47-44-122-5)84-111(83-109)105-17-11-96(12-18-105)81-114(87-120)108-29-23-99(24-30-108)102-35-41-117(42-36-102)144-93(3)90-141-78-75-138-72-69-135-66-63-132-60-57-129-54-51-126-48-45-123-6/h7-42,79-84,91-93H,43-78,88-90H2,1-6H3/b112-79+,113-80+,114-81+/t91-,92-,93+/m1/s1. The molecule has 0 aliphatic heterocycles. The zero-order chi connectivity index (χ0) is 101. The van der Waals surface area contributed by atoms with Crippen molar-refractivity contribution in [1.82, 2.24) is 0 Å². The highest BCUT2D eigenvalue weighted by Crippen LogP contribution is 2.37. The van der Waals surface area contributed by atoms with E-state index < -0.39 is 0 Å². The molecule has 0 aliphatic rings. The SMILES string of the molecule is COCCOCCOCCOCCOCCOCCOC[C@@H](C)Oc1ccc(-c2ccc(/C(C#N)=C/c3ccc(-c4cc(-c5ccc(/C=C(\C#N)c6ccc(-c7ccc(O[C@H](C)COCCOCCOCCOCCOCCOCCOC)cc7)cc6)cc5)cc(-c5ccc(/C=C(\C#N)c6ccc(-c7ccc(O[C@@H](C)COCCOCCOCCOCCOCCOCCOC)cc7)cc6)cc5)c4)cc3)cc2)cc1. The monoisotopic (exact) mass is 1970 g/mol. The fourth-order valence-electron chi connectivity index (χ4n) is 14.5. The molecule has 0 unspecified atom stereocenters. The number of ether oxygens (including phenoxy) is 24. The Labute approximate surface area is 850 Å². The molecule has 10 aromatic rings. The number of hydrogen-bond donors (Lipinski definition) is 0. The minimum atomic E-state index is -0.183. The molecule has 10 rings (SSSR count). The maximum Gasteiger partial charge on any atom is 0.119 e. The molecule has 27 heteroatoms. The summed E-state index contributed by atoms with van der Waals surface area (Å²) in [5.41, 5.74) is 18.5. The summed E-state index contributed by atoms with van der Waals surface area (Å²) in [4.78, 5) is 0. The van der Waals surface area contributed by atoms with Crippen LogP contribution in [-0.4, -0.2) is 297 Å². The van der Waals surface area contributed by atoms with Crippen LogP contribution in [0.25, 0.3) is 102 Å². The lowest BCUT2D eigenvalue weighted by molar-refractivity contribution is -0.0223. The first-order valence-corrected chi connectivity index (χ1v) is 49.3. The summed E-state index contributed by atoms with van der Waals surface area (Å²) in [6.45, 7) is 24.9. The second-order valence-corrected chi connectivity index (χ2v) is 33.2. The lowest BCUT2D eigenvalue weighted by Gasteiger charge is -2.15. The van der Waals surface area contributed by atoms with Crippen molar-refractivity contribution in [3.63, 3.8) is 0 Å². The van der Waals surface area contributed by atoms with Crippen molar-refractivity contribution in [1.29, 1.82) is 15.8 Å². The van der Waals surface area contributed by atoms with Crippen LogP contribution in [0.3, 0.4) is 0 Å². The van der Waals surface area contributed by atoms with Gasteiger partial charge in [0.15, 0.2) is 0 Å². The predicted molar refractivity (Wildman–Crippen MR) is 559 cm³/mol. The molecule has 27 nitrogen and oxygen atoms in total. The summed E-state index contributed by atoms with van der Waals surface area (Å²) in [6.07, 6.45) is 5.19. The van der Waals surface area contributed by atoms with Gasteiger partial charge in [0, 0.05) is 21.3 Å². The Morgan fingerprint density at radius 3 is 0.507 bits per heavy atom. The Hall–Kier alpha value is -11.6. The molecule has 0 saturated carbocycles. The van der Waals surface area contributed by atoms with Crippen molar-refractivity contribution in [3.8, 4) is 102 Å². The van der Waals surface area contributed by atoms with E-state index in [0.29, 0.717) is 274 Å². The normalized spacial score (nSPS) is 12.4. The zero-order valence-electron chi connectivity index (χ0n) is 84.2. The van der Waals surface area contributed by atoms with Gasteiger partial charge >= 0.3 is 0 Å². The maximum atomic E-state index is 10.6. The van der Waals surface area contributed by atoms with Gasteiger partial charge in [-0.2, -0.15) is 15.8 Å². The summed E-state index contributed by atoms with van der Waals surface area (Å²) >= 11 is 0. The van der Waals surface area contributed by atoms with Gasteiger partial charge in [0.1, 0.15) is 35.6 Å². The molecule has 0 bridgehead atoms. The summed E-state index contributed by atoms with van der Waals surface area (Å²) < 4.78 is 134. The van der Waals surface area contributed by atoms with E-state index in [1.807, 2.05) is 221 Å². The molecule has 0 spiro atoms. The van der Waals surface area contributed by atoms with Crippen LogP contribution in [-0.2, 0) is 99.5 Å². The van der Waals surface area contributed by atoms with E-state index in [-0.39, 0.29) is 18.3 Å². The van der Waals surface area contributed by atoms with Crippen molar-refractivity contribution < 1.29 is 114 Å². The van der Waals surface area contributed by atoms with Gasteiger partial charge in [-0.05, 0) is 194 Å². The van der Waals surface area contributed by atoms with Gasteiger partial charge < -0.3 is 114 Å². The van der Waals surface area contributed by atoms with Gasteiger partial charge in [-0.1, -0.05) is 182 Å². The first-order valence-electron chi connectivity index (χ1n) is 49.3. The topological polar surface area (TPSA) is 293 Å². The first-order chi connectivity index (χ1) is 71.0. The highest BCUT2D eigenvalue weighted by molar-refractivity contribution is 5.93. The molecule has 0 fully saturated rings. The van der Waals surface area contributed by atoms with Crippen molar-refractivity contribution in [2.75, 3.05) is 279 Å². The molecular formula is C117H141N3O24. The van der Waals surface area contributed by atoms with E-state index in [1.165, 1.54) is 0 Å². The van der Waals surface area contributed by atoms with E-state index in [1.54, 1.807) is 21.3 Å². The number of allylic oxidation sites excluding steroid dienone is 3. The van der Waals surface area contributed by atoms with Crippen LogP contribution < -0.4 is 14.2 Å². The van der Waals surface area contributed by atoms with E-state index in [0.717, 1.165) is 117 Å². The zero-order valence-corrected chi connectivity index (χ0v) is 84.2. The third kappa shape index (κ3) is 45.4. The molecule has 0 heterocycles. The third-order valence-electron chi connectivity index (χ3n) is 22.1. The molecule has 0 radical (unpaired) electrons. The number of methoxy groups -OCH3 is 3. The average Bonchev–Trinajstić information content (AvgIpc) is 0.792. The number of nitriles is 3. The summed E-state index contributed by atoms with van der Waals surface area (Å²) in [7, 11) is 4.93. The van der Waals surface area contributed by atoms with Crippen molar-refractivity contribution in [3.05, 3.63) is 270 Å². The molecular weight excluding hydrogens is 1830 g/mol. The summed E-state index contributed by atoms with van der Waals surface area (Å²) in [5.74, 6) is 2.19. The van der Waals surface area contributed by atoms with E-state index in [9.17, 15) is 15.8 Å². The van der Waals surface area contributed by atoms with Gasteiger partial charge in [-0.3, -0.25) is 0 Å². The highest BCUT2D eigenvalue weighted by atomic mass is 16.6. The molecule has 144 heavy (non-hydrogen) atoms. The fourth-order valence-corrected chi connectivity index (χ4v) is 14.5. The number of hydrogen-bond acceptors (Lipinski definition) is 27. The highest BCUT2D eigenvalue weighted by Gasteiger charge is 2.16. The molecule has 0 amide bonds. The Kier molecular flexibility index (Phi) is 56.4. The molecule has 0 aromatic heterocycles. The van der Waals surface area contributed by atoms with Gasteiger partial charge in [-0.25, -0.2) is 0 Å². The van der Waals surface area contributed by atoms with Gasteiger partial charge in [0.2, 0.25) is 0 Å². The largest absolute Gasteiger partial charge is 0.488 e. The van der Waals surface area contributed by atoms with Gasteiger partial charge in [0.25, 0.3) is 0 Å². The van der Waals surface area contributed by atoms with Crippen molar-refractivity contribution in [2.24, 2.45) is 0 Å². The van der Waals surface area contributed by atoms with Crippen LogP contribution in [0.4, 0.5) is 0 Å². The van der Waals surface area contributed by atoms with E-state index in [2.05, 4.69) is 72.8 Å². The van der Waals surface area contributed by atoms with Gasteiger partial charge in [0.05, 0.1) is 293 Å². The predicted octanol–water partition coefficient (Wildman–Crippen LogP) is 19.4. The molecule has 0 N–H and O–H groups in total. The van der Waals surface area contributed by atoms with E-state index >= 15 is 0 Å².